The summed E-state index contributed by atoms with van der Waals surface area (Å²) in [6.45, 7) is 5.04. The number of hydrogen-bond acceptors (Lipinski definition) is 4. The molecule has 0 saturated heterocycles. The average Bonchev–Trinajstić information content (AvgIpc) is 2.83. The van der Waals surface area contributed by atoms with Crippen molar-refractivity contribution in [1.82, 2.24) is 9.62 Å². The van der Waals surface area contributed by atoms with E-state index in [0.717, 1.165) is 16.9 Å². The van der Waals surface area contributed by atoms with Gasteiger partial charge >= 0.3 is 0 Å². The first-order valence-corrected chi connectivity index (χ1v) is 12.0. The van der Waals surface area contributed by atoms with Crippen LogP contribution in [-0.2, 0) is 23.2 Å². The lowest BCUT2D eigenvalue weighted by atomic mass is 10.1. The van der Waals surface area contributed by atoms with E-state index in [1.807, 2.05) is 62.4 Å². The number of carbonyl (C=O) groups is 1. The molecule has 0 heterocycles. The van der Waals surface area contributed by atoms with Crippen LogP contribution in [-0.4, -0.2) is 31.7 Å². The van der Waals surface area contributed by atoms with Crippen molar-refractivity contribution in [3.63, 3.8) is 0 Å². The summed E-state index contributed by atoms with van der Waals surface area (Å²) in [6.07, 6.45) is 0. The van der Waals surface area contributed by atoms with Gasteiger partial charge in [0.15, 0.2) is 0 Å². The Morgan fingerprint density at radius 1 is 0.875 bits per heavy atom. The Hall–Kier alpha value is -3.16. The van der Waals surface area contributed by atoms with Crippen LogP contribution >= 0.6 is 0 Å². The molecule has 3 rings (SSSR count). The van der Waals surface area contributed by atoms with Gasteiger partial charge in [-0.15, -0.1) is 0 Å². The van der Waals surface area contributed by atoms with Crippen LogP contribution < -0.4 is 10.1 Å². The Kier molecular flexibility index (Phi) is 8.03. The van der Waals surface area contributed by atoms with Gasteiger partial charge in [0.05, 0.1) is 4.90 Å². The summed E-state index contributed by atoms with van der Waals surface area (Å²) in [5, 5.41) is 2.90. The van der Waals surface area contributed by atoms with Crippen LogP contribution in [0.4, 0.5) is 0 Å². The lowest BCUT2D eigenvalue weighted by Gasteiger charge is -2.18. The normalized spacial score (nSPS) is 11.3. The van der Waals surface area contributed by atoms with E-state index in [9.17, 15) is 13.2 Å². The highest BCUT2D eigenvalue weighted by Gasteiger charge is 2.21. The molecule has 0 spiro atoms. The molecule has 0 aromatic heterocycles. The average molecular weight is 453 g/mol. The molecule has 0 unspecified atom stereocenters. The first-order valence-electron chi connectivity index (χ1n) is 10.6. The number of hydrogen-bond donors (Lipinski definition) is 1. The van der Waals surface area contributed by atoms with Crippen molar-refractivity contribution in [2.45, 2.75) is 31.9 Å². The molecule has 0 saturated carbocycles. The molecule has 32 heavy (non-hydrogen) atoms. The van der Waals surface area contributed by atoms with Gasteiger partial charge in [-0.2, -0.15) is 4.31 Å². The second kappa shape index (κ2) is 10.9. The molecule has 7 heteroatoms. The van der Waals surface area contributed by atoms with Crippen molar-refractivity contribution in [3.8, 4) is 5.75 Å². The standard InChI is InChI=1S/C25H28N2O4S/c1-3-27(4-2)32(29,30)23-16-14-20(15-17-23)18-26-25(28)24-13-9-8-10-21(24)19-31-22-11-6-5-7-12-22/h5-17H,3-4,18-19H2,1-2H3,(H,26,28). The smallest absolute Gasteiger partial charge is 0.251 e. The zero-order chi connectivity index (χ0) is 23.0. The summed E-state index contributed by atoms with van der Waals surface area (Å²) in [7, 11) is -3.50. The second-order valence-electron chi connectivity index (χ2n) is 7.17. The van der Waals surface area contributed by atoms with Crippen molar-refractivity contribution in [2.75, 3.05) is 13.1 Å². The van der Waals surface area contributed by atoms with E-state index < -0.39 is 10.0 Å². The Morgan fingerprint density at radius 3 is 2.16 bits per heavy atom. The Bertz CT molecular complexity index is 1130. The van der Waals surface area contributed by atoms with Gasteiger partial charge in [0.25, 0.3) is 5.91 Å². The van der Waals surface area contributed by atoms with Crippen molar-refractivity contribution in [2.24, 2.45) is 0 Å². The zero-order valence-electron chi connectivity index (χ0n) is 18.3. The minimum absolute atomic E-state index is 0.211. The van der Waals surface area contributed by atoms with Crippen LogP contribution in [0.15, 0.2) is 83.8 Å². The minimum Gasteiger partial charge on any atom is -0.489 e. The summed E-state index contributed by atoms with van der Waals surface area (Å²) in [5.41, 5.74) is 2.15. The monoisotopic (exact) mass is 452 g/mol. The summed E-state index contributed by atoms with van der Waals surface area (Å²) < 4.78 is 32.4. The molecule has 3 aromatic carbocycles. The van der Waals surface area contributed by atoms with E-state index in [-0.39, 0.29) is 24.0 Å². The molecule has 0 aliphatic heterocycles. The highest BCUT2D eigenvalue weighted by atomic mass is 32.2. The van der Waals surface area contributed by atoms with Crippen LogP contribution in [0.3, 0.4) is 0 Å². The number of amides is 1. The number of rotatable bonds is 10. The molecule has 6 nitrogen and oxygen atoms in total. The predicted molar refractivity (Wildman–Crippen MR) is 125 cm³/mol. The number of sulfonamides is 1. The van der Waals surface area contributed by atoms with Gasteiger partial charge in [0, 0.05) is 30.8 Å². The number of ether oxygens (including phenoxy) is 1. The van der Waals surface area contributed by atoms with E-state index in [2.05, 4.69) is 5.32 Å². The Labute approximate surface area is 189 Å². The second-order valence-corrected chi connectivity index (χ2v) is 9.11. The molecule has 0 radical (unpaired) electrons. The van der Waals surface area contributed by atoms with Gasteiger partial charge in [0.2, 0.25) is 10.0 Å². The Balaban J connectivity index is 1.64. The van der Waals surface area contributed by atoms with Crippen molar-refractivity contribution >= 4 is 15.9 Å². The number of carbonyl (C=O) groups excluding carboxylic acids is 1. The van der Waals surface area contributed by atoms with E-state index in [1.165, 1.54) is 4.31 Å². The molecule has 0 bridgehead atoms. The minimum atomic E-state index is -3.50. The van der Waals surface area contributed by atoms with Crippen molar-refractivity contribution in [3.05, 3.63) is 95.6 Å². The topological polar surface area (TPSA) is 75.7 Å². The number of para-hydroxylation sites is 1. The van der Waals surface area contributed by atoms with E-state index in [0.29, 0.717) is 18.7 Å². The highest BCUT2D eigenvalue weighted by molar-refractivity contribution is 7.89. The van der Waals surface area contributed by atoms with E-state index >= 15 is 0 Å². The van der Waals surface area contributed by atoms with Gasteiger partial charge < -0.3 is 10.1 Å². The van der Waals surface area contributed by atoms with Crippen molar-refractivity contribution in [1.29, 1.82) is 0 Å². The van der Waals surface area contributed by atoms with E-state index in [4.69, 9.17) is 4.74 Å². The maximum atomic E-state index is 12.8. The summed E-state index contributed by atoms with van der Waals surface area (Å²) in [5.74, 6) is 0.527. The van der Waals surface area contributed by atoms with Crippen LogP contribution in [0.1, 0.15) is 35.3 Å². The fraction of sp³-hybridized carbons (Fsp3) is 0.240. The molecule has 168 valence electrons. The third-order valence-corrected chi connectivity index (χ3v) is 7.18. The van der Waals surface area contributed by atoms with Crippen LogP contribution in [0.5, 0.6) is 5.75 Å². The summed E-state index contributed by atoms with van der Waals surface area (Å²) in [4.78, 5) is 13.0. The third-order valence-electron chi connectivity index (χ3n) is 5.12. The number of nitrogens with zero attached hydrogens (tertiary/aromatic N) is 1. The molecule has 0 aliphatic carbocycles. The zero-order valence-corrected chi connectivity index (χ0v) is 19.1. The summed E-state index contributed by atoms with van der Waals surface area (Å²) >= 11 is 0. The first-order chi connectivity index (χ1) is 15.5. The maximum absolute atomic E-state index is 12.8. The number of benzene rings is 3. The quantitative estimate of drug-likeness (QED) is 0.500. The lowest BCUT2D eigenvalue weighted by molar-refractivity contribution is 0.0948. The molecule has 0 atom stereocenters. The highest BCUT2D eigenvalue weighted by Crippen LogP contribution is 2.17. The fourth-order valence-electron chi connectivity index (χ4n) is 3.31. The Morgan fingerprint density at radius 2 is 1.50 bits per heavy atom. The predicted octanol–water partition coefficient (Wildman–Crippen LogP) is 4.23. The SMILES string of the molecule is CCN(CC)S(=O)(=O)c1ccc(CNC(=O)c2ccccc2COc2ccccc2)cc1. The molecule has 0 fully saturated rings. The van der Waals surface area contributed by atoms with Gasteiger partial charge in [-0.25, -0.2) is 8.42 Å². The molecule has 0 aliphatic rings. The largest absolute Gasteiger partial charge is 0.489 e. The van der Waals surface area contributed by atoms with Gasteiger partial charge in [-0.3, -0.25) is 4.79 Å². The molecule has 1 amide bonds. The first kappa shape index (κ1) is 23.5. The lowest BCUT2D eigenvalue weighted by Crippen LogP contribution is -2.30. The molecule has 1 N–H and O–H groups in total. The molecular weight excluding hydrogens is 424 g/mol. The van der Waals surface area contributed by atoms with Gasteiger partial charge in [0.1, 0.15) is 12.4 Å². The van der Waals surface area contributed by atoms with Crippen LogP contribution in [0, 0.1) is 0 Å². The van der Waals surface area contributed by atoms with Gasteiger partial charge in [-0.05, 0) is 35.9 Å². The van der Waals surface area contributed by atoms with E-state index in [1.54, 1.807) is 30.3 Å². The fourth-order valence-corrected chi connectivity index (χ4v) is 4.77. The maximum Gasteiger partial charge on any atom is 0.251 e. The molecule has 3 aromatic rings. The molecular formula is C25H28N2O4S. The number of nitrogens with one attached hydrogen (secondary N) is 1. The van der Waals surface area contributed by atoms with Crippen LogP contribution in [0.25, 0.3) is 0 Å². The summed E-state index contributed by atoms with van der Waals surface area (Å²) in [6, 6.07) is 23.4. The van der Waals surface area contributed by atoms with Gasteiger partial charge in [-0.1, -0.05) is 62.4 Å². The van der Waals surface area contributed by atoms with Crippen molar-refractivity contribution < 1.29 is 17.9 Å². The third kappa shape index (κ3) is 5.75. The van der Waals surface area contributed by atoms with Crippen LogP contribution in [0.2, 0.25) is 0 Å².